The molecule has 0 saturated carbocycles. The maximum absolute atomic E-state index is 15.3. The number of amides is 10. The Bertz CT molecular complexity index is 2650. The highest BCUT2D eigenvalue weighted by molar-refractivity contribution is 6.06. The quantitative estimate of drug-likeness (QED) is 0.0136. The zero-order valence-electron chi connectivity index (χ0n) is 48.6. The number of nitrogens with one attached hydrogen (secondary N) is 7. The topological polar surface area (TPSA) is 531 Å². The molecule has 2 aromatic carbocycles. The molecule has 1 unspecified atom stereocenters. The second-order valence-electron chi connectivity index (χ2n) is 21.0. The SMILES string of the molecule is CCC(C)[C@H](NC(=O)[C@@H](CCCNC(=N)N)NC(=O)[C@H](CC(C)C)N(C(=O)[C@H](Cc1cccc(N)c1)NC(=O)OCc1ccccc1)C(=O)[C@@H](N)[C@H](O)C(C)C)C(=O)N[C@H](C(=O)NCC(=O)N(C(=O)[C@@H](N)[C@H](O)C(N)=O)[C@@H](CO)C(=O)O)[C@H](C)O. The fourth-order valence-electron chi connectivity index (χ4n) is 8.37. The Morgan fingerprint density at radius 3 is 1.81 bits per heavy atom. The van der Waals surface area contributed by atoms with Crippen molar-refractivity contribution in [1.82, 2.24) is 41.7 Å². The molecule has 22 N–H and O–H groups in total. The van der Waals surface area contributed by atoms with E-state index < -0.39 is 169 Å². The molecule has 0 spiro atoms. The first-order valence-electron chi connectivity index (χ1n) is 27.3. The van der Waals surface area contributed by atoms with E-state index in [1.54, 1.807) is 83.1 Å². The number of alkyl carbamates (subject to hydrolysis) is 1. The van der Waals surface area contributed by atoms with E-state index >= 15 is 9.59 Å². The zero-order chi connectivity index (χ0) is 64.6. The Morgan fingerprint density at radius 2 is 1.28 bits per heavy atom. The summed E-state index contributed by atoms with van der Waals surface area (Å²) in [6.07, 6.45) is -7.65. The van der Waals surface area contributed by atoms with E-state index in [9.17, 15) is 68.7 Å². The number of nitrogens with zero attached hydrogens (tertiary/aromatic N) is 2. The van der Waals surface area contributed by atoms with E-state index in [0.717, 1.165) is 6.92 Å². The number of aliphatic hydroxyl groups excluding tert-OH is 4. The number of primary amides is 1. The van der Waals surface area contributed by atoms with Crippen LogP contribution < -0.4 is 60.6 Å². The van der Waals surface area contributed by atoms with E-state index in [1.165, 1.54) is 13.0 Å². The first-order valence-corrected chi connectivity index (χ1v) is 27.3. The summed E-state index contributed by atoms with van der Waals surface area (Å²) < 4.78 is 5.45. The van der Waals surface area contributed by atoms with Crippen molar-refractivity contribution < 1.29 is 83.0 Å². The second kappa shape index (κ2) is 35.1. The summed E-state index contributed by atoms with van der Waals surface area (Å²) in [7, 11) is 0. The van der Waals surface area contributed by atoms with Gasteiger partial charge >= 0.3 is 12.1 Å². The molecule has 2 aromatic rings. The monoisotopic (exact) mass is 1200 g/mol. The molecule has 0 aromatic heterocycles. The molecule has 10 amide bonds. The largest absolute Gasteiger partial charge is 0.480 e. The van der Waals surface area contributed by atoms with Crippen molar-refractivity contribution in [2.75, 3.05) is 25.4 Å². The van der Waals surface area contributed by atoms with Gasteiger partial charge in [0.05, 0.1) is 25.4 Å². The number of imide groups is 2. The number of benzene rings is 2. The normalized spacial score (nSPS) is 15.5. The minimum absolute atomic E-state index is 0.00743. The first kappa shape index (κ1) is 72.7. The number of aliphatic hydroxyl groups is 4. The minimum atomic E-state index is -2.43. The van der Waals surface area contributed by atoms with Crippen molar-refractivity contribution in [2.45, 2.75) is 154 Å². The molecule has 0 aliphatic heterocycles. The van der Waals surface area contributed by atoms with Gasteiger partial charge in [-0.15, -0.1) is 0 Å². The van der Waals surface area contributed by atoms with Crippen molar-refractivity contribution in [3.63, 3.8) is 0 Å². The highest BCUT2D eigenvalue weighted by Crippen LogP contribution is 2.21. The molecule has 0 bridgehead atoms. The fourth-order valence-corrected chi connectivity index (χ4v) is 8.37. The summed E-state index contributed by atoms with van der Waals surface area (Å²) in [5.41, 5.74) is 29.8. The van der Waals surface area contributed by atoms with E-state index in [4.69, 9.17) is 38.8 Å². The Morgan fingerprint density at radius 1 is 0.682 bits per heavy atom. The summed E-state index contributed by atoms with van der Waals surface area (Å²) in [6, 6.07) is -0.447. The number of carbonyl (C=O) groups is 11. The molecule has 0 aliphatic rings. The summed E-state index contributed by atoms with van der Waals surface area (Å²) >= 11 is 0. The second-order valence-corrected chi connectivity index (χ2v) is 21.0. The molecular weight excluding hydrogens is 1120 g/mol. The minimum Gasteiger partial charge on any atom is -0.480 e. The third-order valence-corrected chi connectivity index (χ3v) is 13.4. The summed E-state index contributed by atoms with van der Waals surface area (Å²) in [6.45, 7) is 7.67. The van der Waals surface area contributed by atoms with Gasteiger partial charge in [-0.3, -0.25) is 58.4 Å². The Labute approximate surface area is 491 Å². The molecule has 85 heavy (non-hydrogen) atoms. The average molecular weight is 1200 g/mol. The van der Waals surface area contributed by atoms with Crippen LogP contribution in [-0.4, -0.2) is 193 Å². The summed E-state index contributed by atoms with van der Waals surface area (Å²) in [4.78, 5) is 152. The Kier molecular flexibility index (Phi) is 30.0. The van der Waals surface area contributed by atoms with E-state index in [0.29, 0.717) is 16.0 Å². The van der Waals surface area contributed by atoms with Crippen molar-refractivity contribution >= 4 is 76.9 Å². The molecule has 0 heterocycles. The maximum atomic E-state index is 15.3. The van der Waals surface area contributed by atoms with Crippen LogP contribution in [0.25, 0.3) is 0 Å². The van der Waals surface area contributed by atoms with Crippen molar-refractivity contribution in [3.8, 4) is 0 Å². The van der Waals surface area contributed by atoms with Gasteiger partial charge in [0.1, 0.15) is 48.9 Å². The molecule has 31 nitrogen and oxygen atoms in total. The predicted molar refractivity (Wildman–Crippen MR) is 305 cm³/mol. The standard InChI is InChI=1S/C54H84N14O17/c1-8-28(6)40(48(78)66-41(29(7)70)47(77)62-23-37(71)67(36(24-69)52(82)83)50(80)39(57)43(73)44(58)74)65-45(75)33(18-13-19-61-53(59)60)63-46(76)35(20-26(2)3)68(51(81)38(56)42(72)27(4)5)49(79)34(22-31-16-12-17-32(55)21-31)64-54(84)85-25-30-14-10-9-11-15-30/h9-12,14-17,21,26-29,33-36,38-43,69-70,72-73H,8,13,18-20,22-25,55-57H2,1-7H3,(H2,58,74)(H,62,77)(H,63,76)(H,64,84)(H,65,75)(H,66,78)(H,82,83)(H4,59,60,61)/t28?,29-,33+,34-,35-,36-,38-,39-,40-,41-,42+,43-/m0/s1. The van der Waals surface area contributed by atoms with Crippen molar-refractivity contribution in [1.29, 1.82) is 5.41 Å². The number of ether oxygens (including phenoxy) is 1. The van der Waals surface area contributed by atoms with Crippen LogP contribution >= 0.6 is 0 Å². The number of rotatable bonds is 34. The lowest BCUT2D eigenvalue weighted by Gasteiger charge is -2.36. The predicted octanol–water partition coefficient (Wildman–Crippen LogP) is -4.54. The van der Waals surface area contributed by atoms with Gasteiger partial charge in [-0.2, -0.15) is 0 Å². The highest BCUT2D eigenvalue weighted by atomic mass is 16.5. The number of carbonyl (C=O) groups excluding carboxylic acids is 10. The third kappa shape index (κ3) is 22.6. The molecule has 0 aliphatic carbocycles. The lowest BCUT2D eigenvalue weighted by Crippen LogP contribution is -2.65. The highest BCUT2D eigenvalue weighted by Gasteiger charge is 2.45. The molecule has 0 fully saturated rings. The smallest absolute Gasteiger partial charge is 0.408 e. The van der Waals surface area contributed by atoms with Crippen LogP contribution in [-0.2, 0) is 65.7 Å². The fraction of sp³-hybridized carbons (Fsp3) is 0.556. The molecule has 0 radical (unpaired) electrons. The van der Waals surface area contributed by atoms with Crippen molar-refractivity contribution in [3.05, 3.63) is 65.7 Å². The van der Waals surface area contributed by atoms with Crippen LogP contribution in [0.5, 0.6) is 0 Å². The molecular formula is C54H84N14O17. The molecule has 31 heteroatoms. The van der Waals surface area contributed by atoms with Crippen LogP contribution in [0.15, 0.2) is 54.6 Å². The van der Waals surface area contributed by atoms with Gasteiger partial charge in [0.2, 0.25) is 47.3 Å². The zero-order valence-corrected chi connectivity index (χ0v) is 48.6. The van der Waals surface area contributed by atoms with Crippen LogP contribution in [0.4, 0.5) is 10.5 Å². The lowest BCUT2D eigenvalue weighted by atomic mass is 9.94. The molecule has 2 rings (SSSR count). The molecule has 472 valence electrons. The van der Waals surface area contributed by atoms with Gasteiger partial charge in [0.15, 0.2) is 18.1 Å². The number of anilines is 1. The Balaban J connectivity index is 2.70. The average Bonchev–Trinajstić information content (AvgIpc) is 2.11. The number of aliphatic carboxylic acids is 1. The number of carboxylic acids is 1. The summed E-state index contributed by atoms with van der Waals surface area (Å²) in [5, 5.41) is 73.4. The van der Waals surface area contributed by atoms with Gasteiger partial charge < -0.3 is 90.8 Å². The lowest BCUT2D eigenvalue weighted by molar-refractivity contribution is -0.161. The first-order chi connectivity index (χ1) is 39.8. The molecule has 0 saturated heterocycles. The van der Waals surface area contributed by atoms with Gasteiger partial charge in [-0.1, -0.05) is 90.4 Å². The number of guanidine groups is 1. The number of hydrogen-bond donors (Lipinski definition) is 17. The van der Waals surface area contributed by atoms with E-state index in [-0.39, 0.29) is 55.8 Å². The van der Waals surface area contributed by atoms with Gasteiger partial charge in [-0.05, 0) is 67.2 Å². The number of hydrogen-bond acceptors (Lipinski definition) is 20. The Hall–Kier alpha value is -8.36. The number of carboxylic acid groups (broad SMARTS) is 1. The summed E-state index contributed by atoms with van der Waals surface area (Å²) in [5.74, 6) is -16.2. The van der Waals surface area contributed by atoms with Gasteiger partial charge in [0, 0.05) is 18.7 Å². The molecule has 12 atom stereocenters. The number of nitrogen functional groups attached to an aromatic ring is 1. The van der Waals surface area contributed by atoms with Crippen LogP contribution in [0.2, 0.25) is 0 Å². The number of nitrogens with two attached hydrogens (primary N) is 5. The van der Waals surface area contributed by atoms with Crippen LogP contribution in [0.3, 0.4) is 0 Å². The van der Waals surface area contributed by atoms with Crippen LogP contribution in [0.1, 0.15) is 85.3 Å². The van der Waals surface area contributed by atoms with Gasteiger partial charge in [0.25, 0.3) is 5.91 Å². The van der Waals surface area contributed by atoms with Gasteiger partial charge in [-0.25, -0.2) is 9.59 Å². The maximum Gasteiger partial charge on any atom is 0.408 e. The van der Waals surface area contributed by atoms with Crippen molar-refractivity contribution in [2.24, 2.45) is 40.7 Å². The van der Waals surface area contributed by atoms with E-state index in [2.05, 4.69) is 26.6 Å². The van der Waals surface area contributed by atoms with E-state index in [1.807, 2.05) is 5.32 Å². The van der Waals surface area contributed by atoms with Crippen LogP contribution in [0, 0.1) is 23.2 Å². The third-order valence-electron chi connectivity index (χ3n) is 13.4.